The topological polar surface area (TPSA) is 84.3 Å². The lowest BCUT2D eigenvalue weighted by Gasteiger charge is -2.11. The largest absolute Gasteiger partial charge is 0.375 e. The van der Waals surface area contributed by atoms with Gasteiger partial charge in [0.2, 0.25) is 0 Å². The van der Waals surface area contributed by atoms with E-state index in [1.54, 1.807) is 30.3 Å². The third-order valence-electron chi connectivity index (χ3n) is 4.31. The molecule has 142 valence electrons. The van der Waals surface area contributed by atoms with Crippen molar-refractivity contribution in [1.29, 1.82) is 0 Å². The van der Waals surface area contributed by atoms with Crippen molar-refractivity contribution in [3.63, 3.8) is 0 Å². The first-order valence-corrected chi connectivity index (χ1v) is 9.03. The molecule has 6 nitrogen and oxygen atoms in total. The number of carbonyl (C=O) groups is 1. The van der Waals surface area contributed by atoms with Gasteiger partial charge in [-0.3, -0.25) is 14.9 Å². The number of hydrogen-bond acceptors (Lipinski definition) is 4. The Balaban J connectivity index is 1.91. The van der Waals surface area contributed by atoms with E-state index in [2.05, 4.69) is 10.6 Å². The minimum atomic E-state index is -0.401. The van der Waals surface area contributed by atoms with Crippen LogP contribution in [0.4, 0.5) is 11.4 Å². The lowest BCUT2D eigenvalue weighted by atomic mass is 10.0. The Morgan fingerprint density at radius 2 is 1.71 bits per heavy atom. The van der Waals surface area contributed by atoms with E-state index in [-0.39, 0.29) is 11.6 Å². The van der Waals surface area contributed by atoms with E-state index in [0.717, 1.165) is 16.7 Å². The van der Waals surface area contributed by atoms with Gasteiger partial charge in [-0.15, -0.1) is 0 Å². The quantitative estimate of drug-likeness (QED) is 0.466. The highest BCUT2D eigenvalue weighted by Crippen LogP contribution is 2.31. The predicted molar refractivity (Wildman–Crippen MR) is 110 cm³/mol. The third-order valence-corrected chi connectivity index (χ3v) is 4.31. The van der Waals surface area contributed by atoms with Crippen LogP contribution in [0.1, 0.15) is 22.8 Å². The summed E-state index contributed by atoms with van der Waals surface area (Å²) >= 11 is 0. The maximum atomic E-state index is 12.1. The van der Waals surface area contributed by atoms with Gasteiger partial charge in [-0.1, -0.05) is 42.5 Å². The van der Waals surface area contributed by atoms with Crippen LogP contribution in [0.25, 0.3) is 11.1 Å². The molecule has 0 unspecified atom stereocenters. The molecule has 0 radical (unpaired) electrons. The molecular weight excluding hydrogens is 354 g/mol. The molecule has 0 fully saturated rings. The zero-order valence-corrected chi connectivity index (χ0v) is 15.5. The SMILES string of the molecule is CCNC(=O)c1cccc(-c2ccc([N+](=O)[O-])c(NCc3ccccc3)c2)c1. The molecule has 0 spiro atoms. The number of hydrogen-bond donors (Lipinski definition) is 2. The maximum absolute atomic E-state index is 12.1. The van der Waals surface area contributed by atoms with Gasteiger partial charge in [0.15, 0.2) is 0 Å². The van der Waals surface area contributed by atoms with Crippen molar-refractivity contribution in [2.75, 3.05) is 11.9 Å². The highest BCUT2D eigenvalue weighted by molar-refractivity contribution is 5.95. The minimum Gasteiger partial charge on any atom is -0.375 e. The lowest BCUT2D eigenvalue weighted by Crippen LogP contribution is -2.22. The van der Waals surface area contributed by atoms with Crippen molar-refractivity contribution in [3.05, 3.63) is 94.0 Å². The van der Waals surface area contributed by atoms with Crippen LogP contribution in [-0.4, -0.2) is 17.4 Å². The van der Waals surface area contributed by atoms with E-state index in [1.165, 1.54) is 6.07 Å². The number of nitrogens with one attached hydrogen (secondary N) is 2. The summed E-state index contributed by atoms with van der Waals surface area (Å²) in [6, 6.07) is 21.8. The lowest BCUT2D eigenvalue weighted by molar-refractivity contribution is -0.384. The molecule has 0 atom stereocenters. The second-order valence-corrected chi connectivity index (χ2v) is 6.27. The molecule has 0 saturated carbocycles. The predicted octanol–water partition coefficient (Wildman–Crippen LogP) is 4.62. The van der Waals surface area contributed by atoms with E-state index in [1.807, 2.05) is 43.3 Å². The number of nitro groups is 1. The Morgan fingerprint density at radius 3 is 2.43 bits per heavy atom. The van der Waals surface area contributed by atoms with Crippen LogP contribution in [0.5, 0.6) is 0 Å². The number of carbonyl (C=O) groups excluding carboxylic acids is 1. The maximum Gasteiger partial charge on any atom is 0.292 e. The number of nitro benzene ring substituents is 1. The second kappa shape index (κ2) is 8.81. The zero-order valence-electron chi connectivity index (χ0n) is 15.5. The van der Waals surface area contributed by atoms with Gasteiger partial charge in [0.05, 0.1) is 4.92 Å². The second-order valence-electron chi connectivity index (χ2n) is 6.27. The number of rotatable bonds is 7. The minimum absolute atomic E-state index is 0.0135. The Hall–Kier alpha value is -3.67. The van der Waals surface area contributed by atoms with Gasteiger partial charge in [-0.2, -0.15) is 0 Å². The van der Waals surface area contributed by atoms with Crippen LogP contribution >= 0.6 is 0 Å². The summed E-state index contributed by atoms with van der Waals surface area (Å²) in [6.07, 6.45) is 0. The summed E-state index contributed by atoms with van der Waals surface area (Å²) in [5.74, 6) is -0.145. The highest BCUT2D eigenvalue weighted by Gasteiger charge is 2.15. The summed E-state index contributed by atoms with van der Waals surface area (Å²) in [4.78, 5) is 23.1. The first-order chi connectivity index (χ1) is 13.6. The molecule has 1 amide bonds. The van der Waals surface area contributed by atoms with E-state index in [9.17, 15) is 14.9 Å². The molecule has 28 heavy (non-hydrogen) atoms. The Kier molecular flexibility index (Phi) is 6.01. The zero-order chi connectivity index (χ0) is 19.9. The van der Waals surface area contributed by atoms with Crippen molar-refractivity contribution in [3.8, 4) is 11.1 Å². The van der Waals surface area contributed by atoms with Crippen molar-refractivity contribution in [2.24, 2.45) is 0 Å². The molecule has 3 aromatic rings. The van der Waals surface area contributed by atoms with Crippen LogP contribution in [0.2, 0.25) is 0 Å². The number of anilines is 1. The molecule has 0 aliphatic rings. The van der Waals surface area contributed by atoms with Crippen molar-refractivity contribution in [1.82, 2.24) is 5.32 Å². The fourth-order valence-corrected chi connectivity index (χ4v) is 2.91. The monoisotopic (exact) mass is 375 g/mol. The normalized spacial score (nSPS) is 10.3. The van der Waals surface area contributed by atoms with E-state index < -0.39 is 4.92 Å². The summed E-state index contributed by atoms with van der Waals surface area (Å²) in [5.41, 5.74) is 3.65. The molecule has 0 aromatic heterocycles. The summed E-state index contributed by atoms with van der Waals surface area (Å²) in [7, 11) is 0. The van der Waals surface area contributed by atoms with Gasteiger partial charge >= 0.3 is 0 Å². The van der Waals surface area contributed by atoms with Gasteiger partial charge in [-0.25, -0.2) is 0 Å². The fraction of sp³-hybridized carbons (Fsp3) is 0.136. The molecule has 0 heterocycles. The molecule has 3 aromatic carbocycles. The summed E-state index contributed by atoms with van der Waals surface area (Å²) in [5, 5.41) is 17.3. The van der Waals surface area contributed by atoms with Crippen molar-refractivity contribution >= 4 is 17.3 Å². The first kappa shape index (κ1) is 19.1. The number of nitrogens with zero attached hydrogens (tertiary/aromatic N) is 1. The Labute approximate surface area is 163 Å². The summed E-state index contributed by atoms with van der Waals surface area (Å²) in [6.45, 7) is 2.89. The number of benzene rings is 3. The smallest absolute Gasteiger partial charge is 0.292 e. The van der Waals surface area contributed by atoms with Crippen LogP contribution < -0.4 is 10.6 Å². The van der Waals surface area contributed by atoms with Gasteiger partial charge in [0.1, 0.15) is 5.69 Å². The summed E-state index contributed by atoms with van der Waals surface area (Å²) < 4.78 is 0. The molecule has 3 rings (SSSR count). The van der Waals surface area contributed by atoms with E-state index >= 15 is 0 Å². The van der Waals surface area contributed by atoms with Crippen LogP contribution in [0.15, 0.2) is 72.8 Å². The fourth-order valence-electron chi connectivity index (χ4n) is 2.91. The van der Waals surface area contributed by atoms with Crippen molar-refractivity contribution < 1.29 is 9.72 Å². The van der Waals surface area contributed by atoms with Crippen molar-refractivity contribution in [2.45, 2.75) is 13.5 Å². The van der Waals surface area contributed by atoms with Gasteiger partial charge in [0.25, 0.3) is 11.6 Å². The molecular formula is C22H21N3O3. The Morgan fingerprint density at radius 1 is 0.964 bits per heavy atom. The standard InChI is InChI=1S/C22H21N3O3/c1-2-23-22(26)19-10-6-9-17(13-19)18-11-12-21(25(27)28)20(14-18)24-15-16-7-4-3-5-8-16/h3-14,24H,2,15H2,1H3,(H,23,26). The molecule has 6 heteroatoms. The molecule has 0 aliphatic heterocycles. The first-order valence-electron chi connectivity index (χ1n) is 9.03. The average Bonchev–Trinajstić information content (AvgIpc) is 2.73. The third kappa shape index (κ3) is 4.54. The van der Waals surface area contributed by atoms with E-state index in [4.69, 9.17) is 0 Å². The van der Waals surface area contributed by atoms with Crippen LogP contribution in [0.3, 0.4) is 0 Å². The van der Waals surface area contributed by atoms with Gasteiger partial charge in [-0.05, 0) is 47.9 Å². The van der Waals surface area contributed by atoms with Gasteiger partial charge in [0, 0.05) is 24.7 Å². The van der Waals surface area contributed by atoms with Gasteiger partial charge < -0.3 is 10.6 Å². The molecule has 0 bridgehead atoms. The average molecular weight is 375 g/mol. The highest BCUT2D eigenvalue weighted by atomic mass is 16.6. The van der Waals surface area contributed by atoms with E-state index in [0.29, 0.717) is 24.3 Å². The van der Waals surface area contributed by atoms with Crippen LogP contribution in [-0.2, 0) is 6.54 Å². The Bertz CT molecular complexity index is 987. The molecule has 0 saturated heterocycles. The number of amides is 1. The van der Waals surface area contributed by atoms with Crippen LogP contribution in [0, 0.1) is 10.1 Å². The molecule has 2 N–H and O–H groups in total. The molecule has 0 aliphatic carbocycles.